The number of benzene rings is 2. The molecule has 0 aromatic heterocycles. The van der Waals surface area contributed by atoms with Gasteiger partial charge in [0.1, 0.15) is 11.8 Å². The number of sulfonamides is 1. The molecule has 32 heavy (non-hydrogen) atoms. The highest BCUT2D eigenvalue weighted by atomic mass is 32.2. The van der Waals surface area contributed by atoms with Crippen LogP contribution < -0.4 is 4.74 Å². The van der Waals surface area contributed by atoms with Gasteiger partial charge in [0.2, 0.25) is 10.0 Å². The van der Waals surface area contributed by atoms with E-state index in [1.54, 1.807) is 12.1 Å². The highest BCUT2D eigenvalue weighted by Gasteiger charge is 2.57. The third kappa shape index (κ3) is 4.96. The van der Waals surface area contributed by atoms with Gasteiger partial charge >= 0.3 is 5.97 Å². The highest BCUT2D eigenvalue weighted by Crippen LogP contribution is 2.45. The van der Waals surface area contributed by atoms with Gasteiger partial charge in [0.25, 0.3) is 0 Å². The maximum atomic E-state index is 13.5. The third-order valence-corrected chi connectivity index (χ3v) is 8.76. The fourth-order valence-electron chi connectivity index (χ4n) is 4.25. The van der Waals surface area contributed by atoms with Gasteiger partial charge in [-0.15, -0.1) is 11.8 Å². The van der Waals surface area contributed by atoms with Gasteiger partial charge < -0.3 is 14.6 Å². The summed E-state index contributed by atoms with van der Waals surface area (Å²) in [5, 5.41) is 11.1. The van der Waals surface area contributed by atoms with Gasteiger partial charge in [0.15, 0.2) is 0 Å². The second-order valence-corrected chi connectivity index (χ2v) is 11.4. The quantitative estimate of drug-likeness (QED) is 0.459. The monoisotopic (exact) mass is 479 g/mol. The molecule has 0 saturated carbocycles. The Morgan fingerprint density at radius 3 is 2.34 bits per heavy atom. The molecule has 1 saturated heterocycles. The van der Waals surface area contributed by atoms with E-state index in [0.717, 1.165) is 4.90 Å². The number of hydrogen-bond acceptors (Lipinski definition) is 7. The Balaban J connectivity index is 1.92. The number of aliphatic hydroxyl groups is 1. The Labute approximate surface area is 193 Å². The normalized spacial score (nSPS) is 21.8. The molecule has 7 nitrogen and oxygen atoms in total. The summed E-state index contributed by atoms with van der Waals surface area (Å²) >= 11 is 1.46. The van der Waals surface area contributed by atoms with Crippen LogP contribution in [0, 0.1) is 11.3 Å². The molecule has 1 N–H and O–H groups in total. The van der Waals surface area contributed by atoms with Gasteiger partial charge in [-0.05, 0) is 41.8 Å². The van der Waals surface area contributed by atoms with E-state index in [4.69, 9.17) is 9.47 Å². The van der Waals surface area contributed by atoms with Crippen molar-refractivity contribution in [2.75, 3.05) is 26.5 Å². The van der Waals surface area contributed by atoms with Crippen LogP contribution in [0.3, 0.4) is 0 Å². The molecule has 0 radical (unpaired) electrons. The van der Waals surface area contributed by atoms with Crippen molar-refractivity contribution in [3.63, 3.8) is 0 Å². The summed E-state index contributed by atoms with van der Waals surface area (Å²) in [5.74, 6) is -0.468. The van der Waals surface area contributed by atoms with Crippen LogP contribution in [0.25, 0.3) is 0 Å². The average Bonchev–Trinajstić information content (AvgIpc) is 3.09. The van der Waals surface area contributed by atoms with E-state index in [-0.39, 0.29) is 11.4 Å². The summed E-state index contributed by atoms with van der Waals surface area (Å²) in [6.07, 6.45) is -0.921. The number of rotatable bonds is 8. The van der Waals surface area contributed by atoms with E-state index in [1.165, 1.54) is 42.4 Å². The van der Waals surface area contributed by atoms with E-state index in [0.29, 0.717) is 11.5 Å². The van der Waals surface area contributed by atoms with Crippen molar-refractivity contribution in [1.82, 2.24) is 4.31 Å². The van der Waals surface area contributed by atoms with Gasteiger partial charge in [-0.25, -0.2) is 8.42 Å². The van der Waals surface area contributed by atoms with Crippen LogP contribution in [-0.4, -0.2) is 62.5 Å². The van der Waals surface area contributed by atoms with Crippen molar-refractivity contribution in [3.05, 3.63) is 54.6 Å². The molecule has 0 unspecified atom stereocenters. The maximum Gasteiger partial charge on any atom is 0.324 e. The zero-order valence-corrected chi connectivity index (χ0v) is 20.2. The Morgan fingerprint density at radius 1 is 1.16 bits per heavy atom. The SMILES string of the molecule is COC(=O)[C@H]1[C@H]([C@@H](O)CSc2ccccc2)C(C)(C)CN1S(=O)(=O)c1ccc(OC)cc1. The summed E-state index contributed by atoms with van der Waals surface area (Å²) in [4.78, 5) is 13.9. The Hall–Kier alpha value is -2.07. The second kappa shape index (κ2) is 9.82. The molecule has 1 aliphatic rings. The number of carbonyl (C=O) groups excluding carboxylic acids is 1. The van der Waals surface area contributed by atoms with Crippen molar-refractivity contribution in [2.45, 2.75) is 35.8 Å². The van der Waals surface area contributed by atoms with Gasteiger partial charge in [0, 0.05) is 23.1 Å². The molecule has 0 amide bonds. The summed E-state index contributed by atoms with van der Waals surface area (Å²) < 4.78 is 38.2. The number of ether oxygens (including phenoxy) is 2. The molecular formula is C23H29NO6S2. The molecule has 0 aliphatic carbocycles. The minimum Gasteiger partial charge on any atom is -0.497 e. The molecule has 2 aromatic rings. The summed E-state index contributed by atoms with van der Waals surface area (Å²) in [5.41, 5.74) is -0.658. The summed E-state index contributed by atoms with van der Waals surface area (Å²) in [6, 6.07) is 14.5. The molecule has 0 bridgehead atoms. The van der Waals surface area contributed by atoms with Crippen LogP contribution in [0.2, 0.25) is 0 Å². The molecule has 0 spiro atoms. The smallest absolute Gasteiger partial charge is 0.324 e. The van der Waals surface area contributed by atoms with Crippen molar-refractivity contribution in [1.29, 1.82) is 0 Å². The van der Waals surface area contributed by atoms with E-state index < -0.39 is 39.5 Å². The first kappa shape index (κ1) is 24.6. The first-order chi connectivity index (χ1) is 15.1. The maximum absolute atomic E-state index is 13.5. The number of hydrogen-bond donors (Lipinski definition) is 1. The van der Waals surface area contributed by atoms with E-state index in [2.05, 4.69) is 0 Å². The number of thioether (sulfide) groups is 1. The van der Waals surface area contributed by atoms with Gasteiger partial charge in [-0.2, -0.15) is 4.31 Å². The van der Waals surface area contributed by atoms with E-state index >= 15 is 0 Å². The minimum absolute atomic E-state index is 0.0526. The van der Waals surface area contributed by atoms with Crippen LogP contribution >= 0.6 is 11.8 Å². The fraction of sp³-hybridized carbons (Fsp3) is 0.435. The van der Waals surface area contributed by atoms with Crippen LogP contribution in [0.1, 0.15) is 13.8 Å². The fourth-order valence-corrected chi connectivity index (χ4v) is 6.94. The van der Waals surface area contributed by atoms with Crippen molar-refractivity contribution < 1.29 is 27.8 Å². The highest BCUT2D eigenvalue weighted by molar-refractivity contribution is 7.99. The zero-order chi connectivity index (χ0) is 23.5. The predicted octanol–water partition coefficient (Wildman–Crippen LogP) is 3.04. The second-order valence-electron chi connectivity index (χ2n) is 8.40. The topological polar surface area (TPSA) is 93.1 Å². The average molecular weight is 480 g/mol. The molecule has 3 atom stereocenters. The van der Waals surface area contributed by atoms with Crippen LogP contribution in [0.4, 0.5) is 0 Å². The molecule has 174 valence electrons. The van der Waals surface area contributed by atoms with Crippen LogP contribution in [-0.2, 0) is 19.6 Å². The first-order valence-electron chi connectivity index (χ1n) is 10.2. The van der Waals surface area contributed by atoms with Crippen LogP contribution in [0.5, 0.6) is 5.75 Å². The number of methoxy groups -OCH3 is 2. The number of carbonyl (C=O) groups is 1. The standard InChI is InChI=1S/C23H29NO6S2/c1-23(2)15-24(32(27,28)18-12-10-16(29-3)11-13-18)21(22(26)30-4)20(23)19(25)14-31-17-8-6-5-7-9-17/h5-13,19-21,25H,14-15H2,1-4H3/t19-,20-,21+/m0/s1. The zero-order valence-electron chi connectivity index (χ0n) is 18.6. The van der Waals surface area contributed by atoms with Crippen LogP contribution in [0.15, 0.2) is 64.4 Å². The molecule has 3 rings (SSSR count). The molecular weight excluding hydrogens is 450 g/mol. The number of nitrogens with zero attached hydrogens (tertiary/aromatic N) is 1. The Morgan fingerprint density at radius 2 is 1.78 bits per heavy atom. The molecule has 2 aromatic carbocycles. The lowest BCUT2D eigenvalue weighted by Gasteiger charge is -2.32. The Kier molecular flexibility index (Phi) is 7.54. The number of aliphatic hydroxyl groups excluding tert-OH is 1. The van der Waals surface area contributed by atoms with Crippen molar-refractivity contribution >= 4 is 27.8 Å². The van der Waals surface area contributed by atoms with Gasteiger partial charge in [0.05, 0.1) is 25.2 Å². The van der Waals surface area contributed by atoms with E-state index in [9.17, 15) is 18.3 Å². The van der Waals surface area contributed by atoms with Gasteiger partial charge in [-0.1, -0.05) is 32.0 Å². The molecule has 1 fully saturated rings. The third-order valence-electron chi connectivity index (χ3n) is 5.80. The summed E-state index contributed by atoms with van der Waals surface area (Å²) in [7, 11) is -1.28. The lowest BCUT2D eigenvalue weighted by atomic mass is 9.76. The van der Waals surface area contributed by atoms with E-state index in [1.807, 2.05) is 44.2 Å². The molecule has 1 aliphatic heterocycles. The minimum atomic E-state index is -4.01. The number of esters is 1. The Bertz CT molecular complexity index is 1020. The predicted molar refractivity (Wildman–Crippen MR) is 123 cm³/mol. The molecule has 9 heteroatoms. The molecule has 1 heterocycles. The van der Waals surface area contributed by atoms with Crippen molar-refractivity contribution in [3.8, 4) is 5.75 Å². The summed E-state index contributed by atoms with van der Waals surface area (Å²) in [6.45, 7) is 3.82. The van der Waals surface area contributed by atoms with Gasteiger partial charge in [-0.3, -0.25) is 4.79 Å². The van der Waals surface area contributed by atoms with Crippen molar-refractivity contribution in [2.24, 2.45) is 11.3 Å². The first-order valence-corrected chi connectivity index (χ1v) is 12.6. The largest absolute Gasteiger partial charge is 0.497 e. The lowest BCUT2D eigenvalue weighted by molar-refractivity contribution is -0.147. The lowest BCUT2D eigenvalue weighted by Crippen LogP contribution is -2.47.